The van der Waals surface area contributed by atoms with Gasteiger partial charge in [0, 0.05) is 28.6 Å². The molecule has 0 unspecified atom stereocenters. The standard InChI is InChI=1S/C17H20N2O3S/c1-19-10-12-8-11(17(18)20)4-6-14(12)22-13-5-7-16(23-3)15(9-13)21-2/h4-9,19H,10H2,1-3H3,(H2,18,20). The number of thioether (sulfide) groups is 1. The highest BCUT2D eigenvalue weighted by Gasteiger charge is 2.10. The molecule has 0 heterocycles. The van der Waals surface area contributed by atoms with Crippen LogP contribution in [0.1, 0.15) is 15.9 Å². The van der Waals surface area contributed by atoms with Gasteiger partial charge in [-0.1, -0.05) is 0 Å². The van der Waals surface area contributed by atoms with Crippen LogP contribution in [-0.2, 0) is 6.54 Å². The Morgan fingerprint density at radius 3 is 2.61 bits per heavy atom. The molecule has 0 aromatic heterocycles. The van der Waals surface area contributed by atoms with Gasteiger partial charge in [0.05, 0.1) is 7.11 Å². The lowest BCUT2D eigenvalue weighted by Gasteiger charge is -2.14. The summed E-state index contributed by atoms with van der Waals surface area (Å²) in [7, 11) is 3.46. The molecule has 2 aromatic rings. The van der Waals surface area contributed by atoms with Gasteiger partial charge in [-0.3, -0.25) is 4.79 Å². The van der Waals surface area contributed by atoms with Crippen molar-refractivity contribution in [2.45, 2.75) is 11.4 Å². The van der Waals surface area contributed by atoms with Crippen LogP contribution in [-0.4, -0.2) is 26.3 Å². The van der Waals surface area contributed by atoms with Crippen molar-refractivity contribution in [2.75, 3.05) is 20.4 Å². The Balaban J connectivity index is 2.33. The molecule has 6 heteroatoms. The van der Waals surface area contributed by atoms with E-state index >= 15 is 0 Å². The van der Waals surface area contributed by atoms with Gasteiger partial charge in [0.15, 0.2) is 0 Å². The van der Waals surface area contributed by atoms with Crippen LogP contribution in [0.5, 0.6) is 17.2 Å². The number of methoxy groups -OCH3 is 1. The van der Waals surface area contributed by atoms with E-state index in [0.717, 1.165) is 16.2 Å². The van der Waals surface area contributed by atoms with E-state index in [4.69, 9.17) is 15.2 Å². The summed E-state index contributed by atoms with van der Waals surface area (Å²) < 4.78 is 11.3. The van der Waals surface area contributed by atoms with Crippen LogP contribution in [0.2, 0.25) is 0 Å². The fraction of sp³-hybridized carbons (Fsp3) is 0.235. The largest absolute Gasteiger partial charge is 0.495 e. The van der Waals surface area contributed by atoms with Crippen LogP contribution < -0.4 is 20.5 Å². The molecule has 2 rings (SSSR count). The van der Waals surface area contributed by atoms with Crippen molar-refractivity contribution in [3.63, 3.8) is 0 Å². The number of primary amides is 1. The normalized spacial score (nSPS) is 10.4. The summed E-state index contributed by atoms with van der Waals surface area (Å²) in [5.74, 6) is 1.64. The number of rotatable bonds is 7. The highest BCUT2D eigenvalue weighted by Crippen LogP contribution is 2.34. The van der Waals surface area contributed by atoms with Gasteiger partial charge in [-0.25, -0.2) is 0 Å². The van der Waals surface area contributed by atoms with Crippen molar-refractivity contribution in [2.24, 2.45) is 5.73 Å². The summed E-state index contributed by atoms with van der Waals surface area (Å²) >= 11 is 1.61. The predicted molar refractivity (Wildman–Crippen MR) is 92.6 cm³/mol. The minimum atomic E-state index is -0.458. The zero-order chi connectivity index (χ0) is 16.8. The van der Waals surface area contributed by atoms with Gasteiger partial charge in [-0.15, -0.1) is 11.8 Å². The smallest absolute Gasteiger partial charge is 0.248 e. The molecule has 122 valence electrons. The van der Waals surface area contributed by atoms with Crippen molar-refractivity contribution in [1.82, 2.24) is 5.32 Å². The Bertz CT molecular complexity index is 704. The van der Waals surface area contributed by atoms with Crippen LogP contribution in [0.15, 0.2) is 41.3 Å². The van der Waals surface area contributed by atoms with Gasteiger partial charge < -0.3 is 20.5 Å². The third-order valence-corrected chi connectivity index (χ3v) is 4.07. The number of benzene rings is 2. The highest BCUT2D eigenvalue weighted by atomic mass is 32.2. The molecule has 1 amide bonds. The highest BCUT2D eigenvalue weighted by molar-refractivity contribution is 7.98. The van der Waals surface area contributed by atoms with E-state index in [1.807, 2.05) is 31.5 Å². The Morgan fingerprint density at radius 2 is 2.00 bits per heavy atom. The van der Waals surface area contributed by atoms with Gasteiger partial charge >= 0.3 is 0 Å². The number of hydrogen-bond donors (Lipinski definition) is 2. The molecule has 23 heavy (non-hydrogen) atoms. The van der Waals surface area contributed by atoms with Crippen molar-refractivity contribution in [3.8, 4) is 17.2 Å². The molecular weight excluding hydrogens is 312 g/mol. The molecule has 0 bridgehead atoms. The average molecular weight is 332 g/mol. The second-order valence-corrected chi connectivity index (χ2v) is 5.68. The van der Waals surface area contributed by atoms with E-state index in [2.05, 4.69) is 5.32 Å². The molecule has 0 aliphatic rings. The SMILES string of the molecule is CNCc1cc(C(N)=O)ccc1Oc1ccc(SC)c(OC)c1. The van der Waals surface area contributed by atoms with Crippen LogP contribution in [0.25, 0.3) is 0 Å². The maximum Gasteiger partial charge on any atom is 0.248 e. The third-order valence-electron chi connectivity index (χ3n) is 3.30. The maximum absolute atomic E-state index is 11.3. The third kappa shape index (κ3) is 4.18. The summed E-state index contributed by atoms with van der Waals surface area (Å²) in [6, 6.07) is 10.8. The molecule has 0 saturated carbocycles. The van der Waals surface area contributed by atoms with E-state index in [1.54, 1.807) is 37.1 Å². The average Bonchev–Trinajstić information content (AvgIpc) is 2.56. The van der Waals surface area contributed by atoms with Gasteiger partial charge in [-0.2, -0.15) is 0 Å². The minimum absolute atomic E-state index is 0.456. The lowest BCUT2D eigenvalue weighted by molar-refractivity contribution is 0.1000. The minimum Gasteiger partial charge on any atom is -0.495 e. The molecule has 3 N–H and O–H groups in total. The molecule has 0 radical (unpaired) electrons. The van der Waals surface area contributed by atoms with E-state index in [-0.39, 0.29) is 0 Å². The molecule has 0 aliphatic carbocycles. The van der Waals surface area contributed by atoms with E-state index < -0.39 is 5.91 Å². The first-order valence-corrected chi connectivity index (χ1v) is 8.28. The van der Waals surface area contributed by atoms with E-state index in [0.29, 0.717) is 23.6 Å². The Kier molecular flexibility index (Phi) is 5.90. The number of carbonyl (C=O) groups excluding carboxylic acids is 1. The van der Waals surface area contributed by atoms with Gasteiger partial charge in [-0.05, 0) is 43.6 Å². The first-order valence-electron chi connectivity index (χ1n) is 7.06. The van der Waals surface area contributed by atoms with Crippen LogP contribution >= 0.6 is 11.8 Å². The lowest BCUT2D eigenvalue weighted by atomic mass is 10.1. The summed E-state index contributed by atoms with van der Waals surface area (Å²) in [5, 5.41) is 3.06. The molecule has 0 aliphatic heterocycles. The molecule has 0 saturated heterocycles. The fourth-order valence-electron chi connectivity index (χ4n) is 2.17. The van der Waals surface area contributed by atoms with Crippen LogP contribution in [0.3, 0.4) is 0 Å². The maximum atomic E-state index is 11.3. The zero-order valence-electron chi connectivity index (χ0n) is 13.4. The Morgan fingerprint density at radius 1 is 1.22 bits per heavy atom. The van der Waals surface area contributed by atoms with Gasteiger partial charge in [0.1, 0.15) is 17.2 Å². The summed E-state index contributed by atoms with van der Waals surface area (Å²) in [6.07, 6.45) is 1.99. The van der Waals surface area contributed by atoms with Gasteiger partial charge in [0.2, 0.25) is 5.91 Å². The quantitative estimate of drug-likeness (QED) is 0.763. The zero-order valence-corrected chi connectivity index (χ0v) is 14.2. The van der Waals surface area contributed by atoms with E-state index in [1.165, 1.54) is 0 Å². The monoisotopic (exact) mass is 332 g/mol. The van der Waals surface area contributed by atoms with Gasteiger partial charge in [0.25, 0.3) is 0 Å². The van der Waals surface area contributed by atoms with Crippen molar-refractivity contribution >= 4 is 17.7 Å². The van der Waals surface area contributed by atoms with Crippen LogP contribution in [0, 0.1) is 0 Å². The lowest BCUT2D eigenvalue weighted by Crippen LogP contribution is -2.13. The molecule has 0 spiro atoms. The summed E-state index contributed by atoms with van der Waals surface area (Å²) in [5.41, 5.74) is 6.65. The van der Waals surface area contributed by atoms with Crippen molar-refractivity contribution in [3.05, 3.63) is 47.5 Å². The summed E-state index contributed by atoms with van der Waals surface area (Å²) in [4.78, 5) is 12.4. The van der Waals surface area contributed by atoms with Crippen molar-refractivity contribution < 1.29 is 14.3 Å². The Labute approximate surface area is 140 Å². The molecule has 2 aromatic carbocycles. The topological polar surface area (TPSA) is 73.6 Å². The van der Waals surface area contributed by atoms with Crippen LogP contribution in [0.4, 0.5) is 0 Å². The number of hydrogen-bond acceptors (Lipinski definition) is 5. The first kappa shape index (κ1) is 17.2. The second-order valence-electron chi connectivity index (χ2n) is 4.84. The van der Waals surface area contributed by atoms with E-state index in [9.17, 15) is 4.79 Å². The number of nitrogens with one attached hydrogen (secondary N) is 1. The number of nitrogens with two attached hydrogens (primary N) is 1. The molecule has 0 atom stereocenters. The molecule has 0 fully saturated rings. The fourth-order valence-corrected chi connectivity index (χ4v) is 2.72. The second kappa shape index (κ2) is 7.89. The first-order chi connectivity index (χ1) is 11.1. The summed E-state index contributed by atoms with van der Waals surface area (Å²) in [6.45, 7) is 0.566. The van der Waals surface area contributed by atoms with Crippen molar-refractivity contribution in [1.29, 1.82) is 0 Å². The number of ether oxygens (including phenoxy) is 2. The molecule has 5 nitrogen and oxygen atoms in total. The number of amides is 1. The molecular formula is C17H20N2O3S. The predicted octanol–water partition coefficient (Wildman–Crippen LogP) is 3.03. The Hall–Kier alpha value is -2.18. The number of carbonyl (C=O) groups is 1.